The molecule has 14 heterocycles. The highest BCUT2D eigenvalue weighted by molar-refractivity contribution is 5.89. The Kier molecular flexibility index (Phi) is 14.3. The van der Waals surface area contributed by atoms with Gasteiger partial charge in [0.15, 0.2) is 27.9 Å². The lowest BCUT2D eigenvalue weighted by Crippen LogP contribution is -2.62. The van der Waals surface area contributed by atoms with Crippen LogP contribution >= 0.6 is 0 Å². The zero-order chi connectivity index (χ0) is 74.1. The van der Waals surface area contributed by atoms with Gasteiger partial charge in [-0.05, 0) is 212 Å². The van der Waals surface area contributed by atoms with Crippen LogP contribution in [0.3, 0.4) is 0 Å². The van der Waals surface area contributed by atoms with Gasteiger partial charge in [0.25, 0.3) is 0 Å². The molecule has 2 spiro atoms. The molecule has 6 atom stereocenters. The van der Waals surface area contributed by atoms with Crippen molar-refractivity contribution < 1.29 is 22.1 Å². The lowest BCUT2D eigenvalue weighted by atomic mass is 9.47. The molecule has 0 amide bonds. The van der Waals surface area contributed by atoms with Crippen LogP contribution in [0.15, 0.2) is 156 Å². The Labute approximate surface area is 627 Å². The minimum atomic E-state index is -0.151. The zero-order valence-electron chi connectivity index (χ0n) is 66.9. The van der Waals surface area contributed by atoms with Crippen LogP contribution in [0.5, 0.6) is 0 Å². The number of para-hydroxylation sites is 4. The van der Waals surface area contributed by atoms with Gasteiger partial charge >= 0.3 is 0 Å². The molecular weight excluding hydrogens is 1310 g/mol. The molecule has 5 fully saturated rings. The quantitative estimate of drug-likeness (QED) is 0.168. The summed E-state index contributed by atoms with van der Waals surface area (Å²) in [5.41, 5.74) is 28.2. The predicted molar refractivity (Wildman–Crippen MR) is 430 cm³/mol. The summed E-state index contributed by atoms with van der Waals surface area (Å²) in [4.78, 5) is 10.7. The number of furan rings is 5. The van der Waals surface area contributed by atoms with E-state index in [0.29, 0.717) is 0 Å². The first-order chi connectivity index (χ1) is 50.4. The van der Waals surface area contributed by atoms with Crippen molar-refractivity contribution in [2.24, 2.45) is 55.6 Å². The van der Waals surface area contributed by atoms with Gasteiger partial charge in [-0.25, -0.2) is 0 Å². The molecule has 5 saturated carbocycles. The van der Waals surface area contributed by atoms with E-state index in [-0.39, 0.29) is 68.0 Å². The first-order valence-electron chi connectivity index (χ1n) is 40.1. The third kappa shape index (κ3) is 8.12. The highest BCUT2D eigenvalue weighted by Crippen LogP contribution is 2.73. The van der Waals surface area contributed by atoms with Crippen molar-refractivity contribution in [3.63, 3.8) is 0 Å². The summed E-state index contributed by atoms with van der Waals surface area (Å²) in [6.45, 7) is 42.5. The second kappa shape index (κ2) is 22.3. The van der Waals surface area contributed by atoms with Crippen LogP contribution in [0.4, 0.5) is 22.7 Å². The van der Waals surface area contributed by atoms with Crippen LogP contribution < -0.4 is 19.6 Å². The molecule has 23 rings (SSSR count). The Morgan fingerprint density at radius 1 is 0.377 bits per heavy atom. The average Bonchev–Trinajstić information content (AvgIpc) is 1.46. The maximum Gasteiger partial charge on any atom is 0.178 e. The number of nitrogens with zero attached hydrogens (tertiary/aromatic N) is 7. The van der Waals surface area contributed by atoms with E-state index in [1.165, 1.54) is 153 Å². The van der Waals surface area contributed by atoms with Crippen molar-refractivity contribution in [3.05, 3.63) is 213 Å². The molecule has 6 aliphatic heterocycles. The first kappa shape index (κ1) is 67.9. The van der Waals surface area contributed by atoms with E-state index in [9.17, 15) is 0 Å². The van der Waals surface area contributed by atoms with Crippen LogP contribution in [-0.4, -0.2) is 13.7 Å². The Balaban J connectivity index is 0.0000000970. The molecule has 0 N–H and O–H groups in total. The molecule has 0 saturated heterocycles. The normalized spacial score (nSPS) is 29.1. The molecule has 12 nitrogen and oxygen atoms in total. The van der Waals surface area contributed by atoms with Crippen molar-refractivity contribution in [1.82, 2.24) is 13.7 Å². The van der Waals surface area contributed by atoms with Gasteiger partial charge < -0.3 is 55.4 Å². The molecule has 106 heavy (non-hydrogen) atoms. The van der Waals surface area contributed by atoms with Gasteiger partial charge in [0, 0.05) is 96.1 Å². The van der Waals surface area contributed by atoms with Crippen LogP contribution in [-0.2, 0) is 54.1 Å². The van der Waals surface area contributed by atoms with E-state index in [1.54, 1.807) is 11.8 Å². The van der Waals surface area contributed by atoms with E-state index < -0.39 is 0 Å². The van der Waals surface area contributed by atoms with E-state index in [0.717, 1.165) is 68.9 Å². The van der Waals surface area contributed by atoms with Crippen LogP contribution in [0.2, 0.25) is 0 Å². The monoisotopic (exact) mass is 1420 g/mol. The van der Waals surface area contributed by atoms with Gasteiger partial charge in [0.1, 0.15) is 23.0 Å². The lowest BCUT2D eigenvalue weighted by molar-refractivity contribution is -0.0597. The molecule has 12 heteroatoms. The smallest absolute Gasteiger partial charge is 0.178 e. The molecule has 8 aromatic heterocycles. The van der Waals surface area contributed by atoms with Crippen molar-refractivity contribution in [1.29, 1.82) is 0 Å². The van der Waals surface area contributed by atoms with Crippen LogP contribution in [0.1, 0.15) is 258 Å². The van der Waals surface area contributed by atoms with Gasteiger partial charge in [-0.2, -0.15) is 0 Å². The van der Waals surface area contributed by atoms with E-state index >= 15 is 0 Å². The topological polar surface area (TPSA) is 93.5 Å². The highest BCUT2D eigenvalue weighted by atomic mass is 16.4. The molecule has 552 valence electrons. The van der Waals surface area contributed by atoms with Crippen molar-refractivity contribution >= 4 is 67.2 Å². The van der Waals surface area contributed by atoms with E-state index in [4.69, 9.17) is 22.1 Å². The van der Waals surface area contributed by atoms with Crippen LogP contribution in [0.25, 0.3) is 44.5 Å². The van der Waals surface area contributed by atoms with Gasteiger partial charge in [-0.1, -0.05) is 141 Å². The van der Waals surface area contributed by atoms with Gasteiger partial charge in [0.05, 0.1) is 74.7 Å². The summed E-state index contributed by atoms with van der Waals surface area (Å²) in [7, 11) is 6.47. The Morgan fingerprint density at radius 2 is 0.755 bits per heavy atom. The Bertz CT molecular complexity index is 5370. The maximum atomic E-state index is 6.60. The van der Waals surface area contributed by atoms with Crippen molar-refractivity contribution in [2.45, 2.75) is 240 Å². The van der Waals surface area contributed by atoms with Gasteiger partial charge in [0.2, 0.25) is 0 Å². The minimum absolute atomic E-state index is 0.00137. The number of benzene rings is 4. The number of fused-ring (bicyclic) bond motifs is 21. The summed E-state index contributed by atoms with van der Waals surface area (Å²) in [6, 6.07) is 40.6. The molecule has 12 aromatic rings. The molecule has 5 aliphatic carbocycles. The van der Waals surface area contributed by atoms with Crippen molar-refractivity contribution in [2.75, 3.05) is 19.6 Å². The molecule has 11 aliphatic rings. The third-order valence-corrected chi connectivity index (χ3v) is 31.7. The Morgan fingerprint density at radius 3 is 1.21 bits per heavy atom. The summed E-state index contributed by atoms with van der Waals surface area (Å²) in [5.74, 6) is 8.02. The molecular formula is C94H111N7O5. The average molecular weight is 1420 g/mol. The third-order valence-electron chi connectivity index (χ3n) is 31.7. The fraction of sp³-hybridized carbons (Fsp3) is 0.489. The second-order valence-corrected chi connectivity index (χ2v) is 37.1. The largest absolute Gasteiger partial charge is 0.460 e. The Hall–Kier alpha value is -8.64. The summed E-state index contributed by atoms with van der Waals surface area (Å²) in [6.07, 6.45) is 20.1. The van der Waals surface area contributed by atoms with Crippen molar-refractivity contribution in [3.8, 4) is 0 Å². The van der Waals surface area contributed by atoms with E-state index in [2.05, 4.69) is 301 Å². The molecule has 6 unspecified atom stereocenters. The lowest BCUT2D eigenvalue weighted by Gasteiger charge is -2.63. The predicted octanol–water partition coefficient (Wildman–Crippen LogP) is 24.4. The highest BCUT2D eigenvalue weighted by Gasteiger charge is 2.70. The van der Waals surface area contributed by atoms with Gasteiger partial charge in [-0.15, -0.1) is 0 Å². The van der Waals surface area contributed by atoms with Gasteiger partial charge in [-0.3, -0.25) is 0 Å². The SMILES string of the molecule is Cc1cccc2c1N1C(C)c3oc4ccn(C)c4c3C1(C)C(C)(C)C2(C)C.Cc1cccc2c1N1C(C)c3oc4ccn(C)c4c3C1(C)C(C)(C)C2(C)C.Cc1ccccc1N1C(C)c2oc3ccn(C)c3c2C12C1CC3CC(C1)CC2C3.Cc1ccccc1N1C(C)c2oc3ccoc3c2C12CCCC2. The number of aryl methyl sites for hydroxylation is 7. The number of hydrogen-bond acceptors (Lipinski definition) is 9. The number of rotatable bonds is 2. The zero-order valence-corrected chi connectivity index (χ0v) is 66.9. The number of aromatic nitrogens is 3. The molecule has 0 radical (unpaired) electrons. The summed E-state index contributed by atoms with van der Waals surface area (Å²) >= 11 is 0. The second-order valence-electron chi connectivity index (χ2n) is 37.1. The number of hydrogen-bond donors (Lipinski definition) is 0. The fourth-order valence-electron chi connectivity index (χ4n) is 25.3. The minimum Gasteiger partial charge on any atom is -0.460 e. The molecule has 4 bridgehead atoms. The first-order valence-corrected chi connectivity index (χ1v) is 40.1. The standard InChI is InChI=1S/C26H30N2O.2C24H30N2O.C20H21NO2/c1-15-6-4-5-7-21(15)28-16(2)25-23(24-22(29-25)8-9-27(24)3)26(28)19-11-17-10-18(13-19)14-20(26)12-17;2*1-14-10-9-11-16-19(14)26-15(2)21-18(20-17(27-21)12-13-25(20)8)24(26,7)23(5,6)22(16,3)4;1-13-7-3-4-8-15(13)21-14(2)18-17(20(21)10-5-6-11-20)19-16(23-18)9-12-22-19/h4-9,16-20H,10-14H2,1-3H3;2*9-13,15H,1-8H3;3-4,7-9,12,14H,5-6,10-11H2,1-2H3. The van der Waals surface area contributed by atoms with E-state index in [1.807, 2.05) is 6.07 Å². The fourth-order valence-corrected chi connectivity index (χ4v) is 25.3. The summed E-state index contributed by atoms with van der Waals surface area (Å²) in [5, 5.41) is 0. The molecule has 4 aromatic carbocycles. The summed E-state index contributed by atoms with van der Waals surface area (Å²) < 4.78 is 38.3. The number of anilines is 4. The van der Waals surface area contributed by atoms with Crippen LogP contribution in [0, 0.1) is 62.2 Å². The maximum absolute atomic E-state index is 6.60.